The number of nitrogens with zero attached hydrogens (tertiary/aromatic N) is 1. The van der Waals surface area contributed by atoms with Crippen LogP contribution in [0.1, 0.15) is 5.56 Å². The SMILES string of the molecule is CN(O)Cc1cc(F)c(Br)cc1F. The van der Waals surface area contributed by atoms with Gasteiger partial charge in [-0.05, 0) is 28.1 Å². The lowest BCUT2D eigenvalue weighted by Gasteiger charge is -2.09. The van der Waals surface area contributed by atoms with Crippen LogP contribution in [0.4, 0.5) is 8.78 Å². The van der Waals surface area contributed by atoms with E-state index in [0.717, 1.165) is 17.2 Å². The monoisotopic (exact) mass is 251 g/mol. The van der Waals surface area contributed by atoms with Crippen LogP contribution in [0.5, 0.6) is 0 Å². The minimum Gasteiger partial charge on any atom is -0.314 e. The van der Waals surface area contributed by atoms with E-state index in [1.165, 1.54) is 7.05 Å². The van der Waals surface area contributed by atoms with E-state index in [1.807, 2.05) is 0 Å². The molecule has 0 atom stereocenters. The average Bonchev–Trinajstić information content (AvgIpc) is 1.99. The van der Waals surface area contributed by atoms with Crippen molar-refractivity contribution in [2.24, 2.45) is 0 Å². The molecule has 0 aliphatic heterocycles. The number of rotatable bonds is 2. The highest BCUT2D eigenvalue weighted by molar-refractivity contribution is 9.10. The molecule has 1 aromatic rings. The van der Waals surface area contributed by atoms with E-state index >= 15 is 0 Å². The van der Waals surface area contributed by atoms with Crippen LogP contribution in [0.3, 0.4) is 0 Å². The van der Waals surface area contributed by atoms with Crippen LogP contribution < -0.4 is 0 Å². The molecule has 13 heavy (non-hydrogen) atoms. The van der Waals surface area contributed by atoms with Crippen molar-refractivity contribution in [2.75, 3.05) is 7.05 Å². The number of hydrogen-bond acceptors (Lipinski definition) is 2. The summed E-state index contributed by atoms with van der Waals surface area (Å²) in [7, 11) is 1.36. The van der Waals surface area contributed by atoms with Gasteiger partial charge in [0.1, 0.15) is 11.6 Å². The highest BCUT2D eigenvalue weighted by Gasteiger charge is 2.08. The summed E-state index contributed by atoms with van der Waals surface area (Å²) in [6, 6.07) is 2.08. The molecule has 0 aromatic heterocycles. The van der Waals surface area contributed by atoms with Gasteiger partial charge in [0.05, 0.1) is 11.0 Å². The highest BCUT2D eigenvalue weighted by Crippen LogP contribution is 2.20. The van der Waals surface area contributed by atoms with Crippen molar-refractivity contribution in [3.8, 4) is 0 Å². The van der Waals surface area contributed by atoms with Crippen LogP contribution in [0.2, 0.25) is 0 Å². The van der Waals surface area contributed by atoms with Crippen molar-refractivity contribution in [3.63, 3.8) is 0 Å². The largest absolute Gasteiger partial charge is 0.314 e. The second kappa shape index (κ2) is 4.13. The summed E-state index contributed by atoms with van der Waals surface area (Å²) in [6.07, 6.45) is 0. The predicted octanol–water partition coefficient (Wildman–Crippen LogP) is 2.55. The van der Waals surface area contributed by atoms with E-state index < -0.39 is 11.6 Å². The van der Waals surface area contributed by atoms with Gasteiger partial charge < -0.3 is 5.21 Å². The fraction of sp³-hybridized carbons (Fsp3) is 0.250. The Labute approximate surface area is 82.9 Å². The van der Waals surface area contributed by atoms with Gasteiger partial charge in [-0.3, -0.25) is 0 Å². The minimum atomic E-state index is -0.547. The number of hydroxylamine groups is 2. The lowest BCUT2D eigenvalue weighted by molar-refractivity contribution is -0.0739. The van der Waals surface area contributed by atoms with Crippen LogP contribution in [-0.2, 0) is 6.54 Å². The van der Waals surface area contributed by atoms with Crippen LogP contribution in [0.25, 0.3) is 0 Å². The number of benzene rings is 1. The van der Waals surface area contributed by atoms with Crippen LogP contribution in [-0.4, -0.2) is 17.3 Å². The van der Waals surface area contributed by atoms with E-state index in [1.54, 1.807) is 0 Å². The molecule has 1 N–H and O–H groups in total. The van der Waals surface area contributed by atoms with Gasteiger partial charge in [-0.2, -0.15) is 5.06 Å². The van der Waals surface area contributed by atoms with Gasteiger partial charge in [-0.25, -0.2) is 8.78 Å². The molecule has 1 rings (SSSR count). The maximum Gasteiger partial charge on any atom is 0.137 e. The van der Waals surface area contributed by atoms with E-state index in [0.29, 0.717) is 0 Å². The molecule has 0 saturated heterocycles. The predicted molar refractivity (Wildman–Crippen MR) is 47.3 cm³/mol. The molecule has 5 heteroatoms. The first kappa shape index (κ1) is 10.6. The molecular weight excluding hydrogens is 244 g/mol. The maximum atomic E-state index is 13.1. The van der Waals surface area contributed by atoms with Gasteiger partial charge in [-0.1, -0.05) is 0 Å². The third-order valence-corrected chi connectivity index (χ3v) is 2.10. The summed E-state index contributed by atoms with van der Waals surface area (Å²) in [5, 5.41) is 9.61. The average molecular weight is 252 g/mol. The Kier molecular flexibility index (Phi) is 3.35. The molecule has 2 nitrogen and oxygen atoms in total. The molecule has 0 bridgehead atoms. The lowest BCUT2D eigenvalue weighted by atomic mass is 10.2. The molecule has 0 radical (unpaired) electrons. The van der Waals surface area contributed by atoms with Gasteiger partial charge in [0.2, 0.25) is 0 Å². The fourth-order valence-electron chi connectivity index (χ4n) is 0.931. The Morgan fingerprint density at radius 2 is 2.00 bits per heavy atom. The fourth-order valence-corrected chi connectivity index (χ4v) is 1.25. The molecule has 0 aliphatic carbocycles. The van der Waals surface area contributed by atoms with Gasteiger partial charge in [0.15, 0.2) is 0 Å². The van der Waals surface area contributed by atoms with Crippen molar-refractivity contribution >= 4 is 15.9 Å². The normalized spacial score (nSPS) is 10.9. The van der Waals surface area contributed by atoms with E-state index in [9.17, 15) is 8.78 Å². The summed E-state index contributed by atoms with van der Waals surface area (Å²) >= 11 is 2.86. The smallest absolute Gasteiger partial charge is 0.137 e. The van der Waals surface area contributed by atoms with Crippen molar-refractivity contribution in [2.45, 2.75) is 6.54 Å². The zero-order valence-corrected chi connectivity index (χ0v) is 8.48. The molecule has 1 aromatic carbocycles. The van der Waals surface area contributed by atoms with Crippen molar-refractivity contribution in [1.82, 2.24) is 5.06 Å². The van der Waals surface area contributed by atoms with E-state index in [-0.39, 0.29) is 16.6 Å². The van der Waals surface area contributed by atoms with Gasteiger partial charge in [-0.15, -0.1) is 0 Å². The Morgan fingerprint density at radius 1 is 1.38 bits per heavy atom. The minimum absolute atomic E-state index is 0.0456. The quantitative estimate of drug-likeness (QED) is 0.645. The highest BCUT2D eigenvalue weighted by atomic mass is 79.9. The molecule has 72 valence electrons. The zero-order valence-electron chi connectivity index (χ0n) is 6.89. The zero-order chi connectivity index (χ0) is 10.0. The first-order valence-electron chi connectivity index (χ1n) is 3.54. The van der Waals surface area contributed by atoms with Crippen LogP contribution in [0, 0.1) is 11.6 Å². The van der Waals surface area contributed by atoms with Gasteiger partial charge >= 0.3 is 0 Å². The summed E-state index contributed by atoms with van der Waals surface area (Å²) < 4.78 is 26.0. The summed E-state index contributed by atoms with van der Waals surface area (Å²) in [5.41, 5.74) is 0.116. The first-order chi connectivity index (χ1) is 6.00. The van der Waals surface area contributed by atoms with Gasteiger partial charge in [0.25, 0.3) is 0 Å². The van der Waals surface area contributed by atoms with Crippen molar-refractivity contribution in [3.05, 3.63) is 33.8 Å². The first-order valence-corrected chi connectivity index (χ1v) is 4.33. The Hall–Kier alpha value is -0.520. The molecule has 0 heterocycles. The van der Waals surface area contributed by atoms with E-state index in [4.69, 9.17) is 5.21 Å². The van der Waals surface area contributed by atoms with Crippen molar-refractivity contribution < 1.29 is 14.0 Å². The Balaban J connectivity index is 3.01. The molecule has 0 spiro atoms. The molecule has 0 aliphatic rings. The van der Waals surface area contributed by atoms with Gasteiger partial charge in [0, 0.05) is 12.6 Å². The molecule has 0 amide bonds. The third kappa shape index (κ3) is 2.72. The molecule has 0 fully saturated rings. The molecule has 0 saturated carbocycles. The second-order valence-corrected chi connectivity index (χ2v) is 3.53. The maximum absolute atomic E-state index is 13.1. The summed E-state index contributed by atoms with van der Waals surface area (Å²) in [5.74, 6) is -1.09. The Morgan fingerprint density at radius 3 is 2.54 bits per heavy atom. The number of hydrogen-bond donors (Lipinski definition) is 1. The van der Waals surface area contributed by atoms with E-state index in [2.05, 4.69) is 15.9 Å². The number of halogens is 3. The molecular formula is C8H8BrF2NO. The Bertz CT molecular complexity index is 317. The topological polar surface area (TPSA) is 23.5 Å². The van der Waals surface area contributed by atoms with Crippen LogP contribution in [0.15, 0.2) is 16.6 Å². The lowest BCUT2D eigenvalue weighted by Crippen LogP contribution is -2.13. The van der Waals surface area contributed by atoms with Crippen molar-refractivity contribution in [1.29, 1.82) is 0 Å². The third-order valence-electron chi connectivity index (χ3n) is 1.49. The summed E-state index contributed by atoms with van der Waals surface area (Å²) in [6.45, 7) is -0.0456. The second-order valence-electron chi connectivity index (χ2n) is 2.67. The molecule has 0 unspecified atom stereocenters. The summed E-state index contributed by atoms with van der Waals surface area (Å²) in [4.78, 5) is 0. The van der Waals surface area contributed by atoms with Crippen LogP contribution >= 0.6 is 15.9 Å². The standard InChI is InChI=1S/C8H8BrF2NO/c1-12(13)4-5-2-8(11)6(9)3-7(5)10/h2-3,13H,4H2,1H3.